The van der Waals surface area contributed by atoms with Gasteiger partial charge in [-0.25, -0.2) is 0 Å². The lowest BCUT2D eigenvalue weighted by molar-refractivity contribution is 0.00578. The fourth-order valence-corrected chi connectivity index (χ4v) is 2.86. The van der Waals surface area contributed by atoms with Crippen LogP contribution >= 0.6 is 11.6 Å². The molecule has 6 heteroatoms. The molecular weight excluding hydrogens is 322 g/mol. The Morgan fingerprint density at radius 3 is 2.50 bits per heavy atom. The van der Waals surface area contributed by atoms with Crippen molar-refractivity contribution in [2.75, 3.05) is 6.54 Å². The van der Waals surface area contributed by atoms with Crippen LogP contribution in [-0.4, -0.2) is 29.8 Å². The van der Waals surface area contributed by atoms with Crippen LogP contribution in [-0.2, 0) is 9.31 Å². The Morgan fingerprint density at radius 2 is 1.88 bits per heavy atom. The van der Waals surface area contributed by atoms with Crippen molar-refractivity contribution in [2.45, 2.75) is 38.9 Å². The summed E-state index contributed by atoms with van der Waals surface area (Å²) in [5.74, 6) is 0. The summed E-state index contributed by atoms with van der Waals surface area (Å²) in [4.78, 5) is 4.32. The van der Waals surface area contributed by atoms with Crippen LogP contribution in [0.25, 0.3) is 17.0 Å². The van der Waals surface area contributed by atoms with E-state index in [0.29, 0.717) is 11.6 Å². The molecule has 0 amide bonds. The van der Waals surface area contributed by atoms with Gasteiger partial charge >= 0.3 is 7.12 Å². The van der Waals surface area contributed by atoms with Crippen molar-refractivity contribution in [2.24, 2.45) is 5.73 Å². The molecule has 1 aromatic heterocycles. The van der Waals surface area contributed by atoms with Crippen LogP contribution in [0.3, 0.4) is 0 Å². The average molecular weight is 345 g/mol. The highest BCUT2D eigenvalue weighted by Gasteiger charge is 2.52. The molecule has 1 aromatic carbocycles. The van der Waals surface area contributed by atoms with Crippen LogP contribution in [0.5, 0.6) is 0 Å². The van der Waals surface area contributed by atoms with Crippen LogP contribution in [0.2, 0.25) is 5.02 Å². The Labute approximate surface area is 148 Å². The second kappa shape index (κ2) is 6.15. The molecule has 126 valence electrons. The molecule has 24 heavy (non-hydrogen) atoms. The molecule has 0 atom stereocenters. The second-order valence-corrected chi connectivity index (χ2v) is 7.49. The lowest BCUT2D eigenvalue weighted by atomic mass is 9.77. The third-order valence-electron chi connectivity index (χ3n) is 4.86. The van der Waals surface area contributed by atoms with Gasteiger partial charge in [0.05, 0.1) is 21.7 Å². The summed E-state index contributed by atoms with van der Waals surface area (Å²) >= 11 is 6.27. The van der Waals surface area contributed by atoms with Crippen LogP contribution in [0, 0.1) is 0 Å². The van der Waals surface area contributed by atoms with Crippen LogP contribution in [0.4, 0.5) is 0 Å². The topological polar surface area (TPSA) is 57.4 Å². The molecule has 0 saturated carbocycles. The number of benzene rings is 1. The number of halogens is 1. The minimum atomic E-state index is -0.444. The third-order valence-corrected chi connectivity index (χ3v) is 5.19. The monoisotopic (exact) mass is 344 g/mol. The van der Waals surface area contributed by atoms with E-state index in [1.165, 1.54) is 0 Å². The van der Waals surface area contributed by atoms with Gasteiger partial charge in [0, 0.05) is 18.1 Å². The van der Waals surface area contributed by atoms with E-state index in [1.807, 2.05) is 52.0 Å². The van der Waals surface area contributed by atoms with E-state index < -0.39 is 7.12 Å². The summed E-state index contributed by atoms with van der Waals surface area (Å²) in [6.45, 7) is 8.48. The zero-order valence-corrected chi connectivity index (χ0v) is 15.2. The van der Waals surface area contributed by atoms with Crippen molar-refractivity contribution in [1.29, 1.82) is 0 Å². The molecule has 0 bridgehead atoms. The first kappa shape index (κ1) is 17.4. The van der Waals surface area contributed by atoms with E-state index in [2.05, 4.69) is 4.98 Å². The van der Waals surface area contributed by atoms with Crippen molar-refractivity contribution in [1.82, 2.24) is 4.98 Å². The van der Waals surface area contributed by atoms with Crippen molar-refractivity contribution in [3.05, 3.63) is 46.5 Å². The fourth-order valence-electron chi connectivity index (χ4n) is 2.65. The van der Waals surface area contributed by atoms with E-state index >= 15 is 0 Å². The van der Waals surface area contributed by atoms with Crippen molar-refractivity contribution >= 4 is 35.7 Å². The highest BCUT2D eigenvalue weighted by Crippen LogP contribution is 2.38. The maximum Gasteiger partial charge on any atom is 0.491 e. The van der Waals surface area contributed by atoms with Gasteiger partial charge in [0.25, 0.3) is 0 Å². The number of hydrogen-bond donors (Lipinski definition) is 1. The Balaban J connectivity index is 1.96. The summed E-state index contributed by atoms with van der Waals surface area (Å²) in [6, 6.07) is 7.74. The van der Waals surface area contributed by atoms with Gasteiger partial charge in [0.1, 0.15) is 0 Å². The first-order valence-corrected chi connectivity index (χ1v) is 8.42. The molecule has 2 heterocycles. The fraction of sp³-hybridized carbons (Fsp3) is 0.389. The quantitative estimate of drug-likeness (QED) is 0.859. The van der Waals surface area contributed by atoms with E-state index in [1.54, 1.807) is 12.3 Å². The highest BCUT2D eigenvalue weighted by atomic mass is 35.5. The minimum absolute atomic E-state index is 0.357. The Morgan fingerprint density at radius 1 is 1.21 bits per heavy atom. The number of nitrogens with two attached hydrogens (primary N) is 1. The molecule has 0 radical (unpaired) electrons. The minimum Gasteiger partial charge on any atom is -0.400 e. The van der Waals surface area contributed by atoms with Crippen molar-refractivity contribution in [3.8, 4) is 0 Å². The first-order chi connectivity index (χ1) is 11.2. The molecule has 2 N–H and O–H groups in total. The van der Waals surface area contributed by atoms with Gasteiger partial charge < -0.3 is 15.0 Å². The van der Waals surface area contributed by atoms with Gasteiger partial charge in [-0.05, 0) is 56.9 Å². The van der Waals surface area contributed by atoms with Crippen molar-refractivity contribution < 1.29 is 9.31 Å². The first-order valence-electron chi connectivity index (χ1n) is 8.04. The zero-order chi connectivity index (χ0) is 17.5. The Hall–Kier alpha value is -1.40. The molecule has 1 fully saturated rings. The summed E-state index contributed by atoms with van der Waals surface area (Å²) in [6.07, 6.45) is 3.71. The Kier molecular flexibility index (Phi) is 4.47. The highest BCUT2D eigenvalue weighted by molar-refractivity contribution is 6.56. The van der Waals surface area contributed by atoms with E-state index in [0.717, 1.165) is 21.9 Å². The maximum absolute atomic E-state index is 6.27. The molecule has 2 aromatic rings. The van der Waals surface area contributed by atoms with E-state index in [-0.39, 0.29) is 11.2 Å². The van der Waals surface area contributed by atoms with Gasteiger partial charge in [-0.2, -0.15) is 0 Å². The molecule has 1 aliphatic rings. The summed E-state index contributed by atoms with van der Waals surface area (Å²) < 4.78 is 12.2. The van der Waals surface area contributed by atoms with Gasteiger partial charge in [0.2, 0.25) is 0 Å². The van der Waals surface area contributed by atoms with Crippen LogP contribution < -0.4 is 5.73 Å². The zero-order valence-electron chi connectivity index (χ0n) is 14.5. The number of rotatable bonds is 3. The summed E-state index contributed by atoms with van der Waals surface area (Å²) in [5.41, 5.74) is 7.94. The summed E-state index contributed by atoms with van der Waals surface area (Å²) in [7, 11) is -0.444. The standard InChI is InChI=1S/C18H22BClN2O2/c1-17(2)18(3,4)24-19(23-17)13(11-21)9-12-5-6-16-14(10-12)15(20)7-8-22-16/h5-10H,11,21H2,1-4H3. The van der Waals surface area contributed by atoms with Crippen LogP contribution in [0.1, 0.15) is 33.3 Å². The lowest BCUT2D eigenvalue weighted by Crippen LogP contribution is -2.41. The third kappa shape index (κ3) is 3.09. The number of fused-ring (bicyclic) bond motifs is 1. The molecule has 0 aliphatic carbocycles. The largest absolute Gasteiger partial charge is 0.491 e. The van der Waals surface area contributed by atoms with Gasteiger partial charge in [-0.15, -0.1) is 0 Å². The van der Waals surface area contributed by atoms with Gasteiger partial charge in [-0.1, -0.05) is 23.7 Å². The smallest absolute Gasteiger partial charge is 0.400 e. The van der Waals surface area contributed by atoms with Crippen LogP contribution in [0.15, 0.2) is 35.9 Å². The summed E-state index contributed by atoms with van der Waals surface area (Å²) in [5, 5.41) is 1.60. The number of hydrogen-bond acceptors (Lipinski definition) is 4. The average Bonchev–Trinajstić information content (AvgIpc) is 2.73. The number of aromatic nitrogens is 1. The maximum atomic E-state index is 6.27. The van der Waals surface area contributed by atoms with Gasteiger partial charge in [0.15, 0.2) is 0 Å². The predicted octanol–water partition coefficient (Wildman–Crippen LogP) is 3.86. The molecule has 1 saturated heterocycles. The molecule has 0 unspecified atom stereocenters. The van der Waals surface area contributed by atoms with Crippen molar-refractivity contribution in [3.63, 3.8) is 0 Å². The SMILES string of the molecule is CC1(C)OB(C(=Cc2ccc3nccc(Cl)c3c2)CN)OC1(C)C. The lowest BCUT2D eigenvalue weighted by Gasteiger charge is -2.32. The molecule has 0 spiro atoms. The van der Waals surface area contributed by atoms with E-state index in [9.17, 15) is 0 Å². The molecule has 1 aliphatic heterocycles. The predicted molar refractivity (Wildman–Crippen MR) is 99.9 cm³/mol. The normalized spacial score (nSPS) is 19.9. The van der Waals surface area contributed by atoms with E-state index in [4.69, 9.17) is 26.6 Å². The second-order valence-electron chi connectivity index (χ2n) is 7.08. The molecule has 4 nitrogen and oxygen atoms in total. The van der Waals surface area contributed by atoms with Gasteiger partial charge in [-0.3, -0.25) is 4.98 Å². The molecule has 3 rings (SSSR count). The Bertz CT molecular complexity index is 789. The molecular formula is C18H22BClN2O2. The number of pyridine rings is 1. The number of nitrogens with zero attached hydrogens (tertiary/aromatic N) is 1.